The van der Waals surface area contributed by atoms with Crippen LogP contribution < -0.4 is 11.1 Å². The lowest BCUT2D eigenvalue weighted by atomic mass is 10.1. The SMILES string of the molecule is CC(C)(C)OC(=O)NCC(N)c1ccccc1[N+](=O)[O-]. The molecule has 0 aliphatic carbocycles. The molecular weight excluding hydrogens is 262 g/mol. The quantitative estimate of drug-likeness (QED) is 0.649. The first kappa shape index (κ1) is 15.9. The number of hydrogen-bond acceptors (Lipinski definition) is 5. The van der Waals surface area contributed by atoms with E-state index in [1.54, 1.807) is 39.0 Å². The van der Waals surface area contributed by atoms with Crippen LogP contribution in [0.2, 0.25) is 0 Å². The zero-order chi connectivity index (χ0) is 15.3. The van der Waals surface area contributed by atoms with E-state index in [4.69, 9.17) is 10.5 Å². The van der Waals surface area contributed by atoms with Crippen LogP contribution in [0.1, 0.15) is 32.4 Å². The van der Waals surface area contributed by atoms with E-state index in [1.807, 2.05) is 0 Å². The molecule has 0 saturated heterocycles. The van der Waals surface area contributed by atoms with E-state index < -0.39 is 22.7 Å². The first-order chi connectivity index (χ1) is 9.20. The number of nitrogens with one attached hydrogen (secondary N) is 1. The number of ether oxygens (including phenoxy) is 1. The summed E-state index contributed by atoms with van der Waals surface area (Å²) in [6.45, 7) is 5.29. The number of amides is 1. The summed E-state index contributed by atoms with van der Waals surface area (Å²) in [6.07, 6.45) is -0.605. The number of para-hydroxylation sites is 1. The molecule has 0 fully saturated rings. The van der Waals surface area contributed by atoms with Gasteiger partial charge in [-0.1, -0.05) is 18.2 Å². The summed E-state index contributed by atoms with van der Waals surface area (Å²) in [7, 11) is 0. The van der Waals surface area contributed by atoms with Gasteiger partial charge < -0.3 is 15.8 Å². The van der Waals surface area contributed by atoms with Crippen LogP contribution in [0.3, 0.4) is 0 Å². The number of carbonyl (C=O) groups excluding carboxylic acids is 1. The fourth-order valence-corrected chi connectivity index (χ4v) is 1.58. The van der Waals surface area contributed by atoms with Crippen molar-refractivity contribution in [3.8, 4) is 0 Å². The summed E-state index contributed by atoms with van der Waals surface area (Å²) < 4.78 is 5.06. The van der Waals surface area contributed by atoms with Crippen LogP contribution in [0.4, 0.5) is 10.5 Å². The zero-order valence-corrected chi connectivity index (χ0v) is 11.8. The summed E-state index contributed by atoms with van der Waals surface area (Å²) in [5.74, 6) is 0. The normalized spacial score (nSPS) is 12.6. The van der Waals surface area contributed by atoms with Gasteiger partial charge >= 0.3 is 6.09 Å². The van der Waals surface area contributed by atoms with Crippen molar-refractivity contribution in [1.29, 1.82) is 0 Å². The minimum atomic E-state index is -0.677. The number of nitrogens with two attached hydrogens (primary N) is 1. The Hall–Kier alpha value is -2.15. The molecule has 0 radical (unpaired) electrons. The number of nitro benzene ring substituents is 1. The topological polar surface area (TPSA) is 107 Å². The molecule has 0 spiro atoms. The Morgan fingerprint density at radius 2 is 2.05 bits per heavy atom. The number of nitrogens with zero attached hydrogens (tertiary/aromatic N) is 1. The van der Waals surface area contributed by atoms with Gasteiger partial charge in [-0.3, -0.25) is 10.1 Å². The number of carbonyl (C=O) groups is 1. The third-order valence-corrected chi connectivity index (χ3v) is 2.40. The standard InChI is InChI=1S/C13H19N3O4/c1-13(2,3)20-12(17)15-8-10(14)9-6-4-5-7-11(9)16(18)19/h4-7,10H,8,14H2,1-3H3,(H,15,17). The Balaban J connectivity index is 2.66. The average Bonchev–Trinajstić information content (AvgIpc) is 2.33. The van der Waals surface area contributed by atoms with Crippen LogP contribution >= 0.6 is 0 Å². The number of rotatable bonds is 4. The molecule has 0 aromatic heterocycles. The van der Waals surface area contributed by atoms with Crippen molar-refractivity contribution in [1.82, 2.24) is 5.32 Å². The number of benzene rings is 1. The smallest absolute Gasteiger partial charge is 0.407 e. The zero-order valence-electron chi connectivity index (χ0n) is 11.8. The molecule has 1 amide bonds. The second-order valence-corrected chi connectivity index (χ2v) is 5.31. The van der Waals surface area contributed by atoms with Gasteiger partial charge in [-0.05, 0) is 20.8 Å². The van der Waals surface area contributed by atoms with Crippen molar-refractivity contribution >= 4 is 11.8 Å². The van der Waals surface area contributed by atoms with E-state index in [0.717, 1.165) is 0 Å². The highest BCUT2D eigenvalue weighted by Crippen LogP contribution is 2.22. The Kier molecular flexibility index (Phi) is 5.04. The van der Waals surface area contributed by atoms with Gasteiger partial charge in [-0.25, -0.2) is 4.79 Å². The summed E-state index contributed by atoms with van der Waals surface area (Å²) >= 11 is 0. The van der Waals surface area contributed by atoms with Crippen molar-refractivity contribution in [2.75, 3.05) is 6.54 Å². The van der Waals surface area contributed by atoms with E-state index >= 15 is 0 Å². The third-order valence-electron chi connectivity index (χ3n) is 2.40. The van der Waals surface area contributed by atoms with E-state index in [1.165, 1.54) is 6.07 Å². The first-order valence-corrected chi connectivity index (χ1v) is 6.16. The largest absolute Gasteiger partial charge is 0.444 e. The maximum absolute atomic E-state index is 11.5. The molecule has 1 atom stereocenters. The molecular formula is C13H19N3O4. The molecule has 0 heterocycles. The Bertz CT molecular complexity index is 497. The molecule has 1 unspecified atom stereocenters. The van der Waals surface area contributed by atoms with Crippen molar-refractivity contribution in [3.05, 3.63) is 39.9 Å². The molecule has 0 aliphatic rings. The second kappa shape index (κ2) is 6.33. The fourth-order valence-electron chi connectivity index (χ4n) is 1.58. The predicted octanol–water partition coefficient (Wildman–Crippen LogP) is 2.12. The molecule has 7 heteroatoms. The summed E-state index contributed by atoms with van der Waals surface area (Å²) in [5, 5.41) is 13.4. The lowest BCUT2D eigenvalue weighted by Gasteiger charge is -2.20. The van der Waals surface area contributed by atoms with Gasteiger partial charge in [0.15, 0.2) is 0 Å². The average molecular weight is 281 g/mol. The van der Waals surface area contributed by atoms with E-state index in [-0.39, 0.29) is 12.2 Å². The maximum Gasteiger partial charge on any atom is 0.407 e. The molecule has 0 saturated carbocycles. The van der Waals surface area contributed by atoms with Crippen LogP contribution in [-0.2, 0) is 4.74 Å². The Labute approximate surface area is 117 Å². The highest BCUT2D eigenvalue weighted by atomic mass is 16.6. The van der Waals surface area contributed by atoms with Gasteiger partial charge in [0.2, 0.25) is 0 Å². The Morgan fingerprint density at radius 1 is 1.45 bits per heavy atom. The second-order valence-electron chi connectivity index (χ2n) is 5.31. The van der Waals surface area contributed by atoms with Crippen molar-refractivity contribution in [2.24, 2.45) is 5.73 Å². The number of nitro groups is 1. The van der Waals surface area contributed by atoms with Gasteiger partial charge in [-0.15, -0.1) is 0 Å². The summed E-state index contributed by atoms with van der Waals surface area (Å²) in [5.41, 5.74) is 5.57. The van der Waals surface area contributed by atoms with Gasteiger partial charge in [0, 0.05) is 18.2 Å². The third kappa shape index (κ3) is 4.85. The Morgan fingerprint density at radius 3 is 2.60 bits per heavy atom. The number of alkyl carbamates (subject to hydrolysis) is 1. The van der Waals surface area contributed by atoms with Gasteiger partial charge in [0.25, 0.3) is 5.69 Å². The first-order valence-electron chi connectivity index (χ1n) is 6.16. The highest BCUT2D eigenvalue weighted by molar-refractivity contribution is 5.67. The fraction of sp³-hybridized carbons (Fsp3) is 0.462. The van der Waals surface area contributed by atoms with Crippen LogP contribution in [0.5, 0.6) is 0 Å². The summed E-state index contributed by atoms with van der Waals surface area (Å²) in [4.78, 5) is 21.9. The van der Waals surface area contributed by atoms with Crippen LogP contribution in [0.25, 0.3) is 0 Å². The van der Waals surface area contributed by atoms with Crippen LogP contribution in [0, 0.1) is 10.1 Å². The van der Waals surface area contributed by atoms with Crippen molar-refractivity contribution < 1.29 is 14.5 Å². The minimum absolute atomic E-state index is 0.0553. The van der Waals surface area contributed by atoms with E-state index in [9.17, 15) is 14.9 Å². The molecule has 110 valence electrons. The maximum atomic E-state index is 11.5. The molecule has 0 aliphatic heterocycles. The number of hydrogen-bond donors (Lipinski definition) is 2. The lowest BCUT2D eigenvalue weighted by Crippen LogP contribution is -2.36. The molecule has 1 rings (SSSR count). The van der Waals surface area contributed by atoms with E-state index in [0.29, 0.717) is 5.56 Å². The minimum Gasteiger partial charge on any atom is -0.444 e. The van der Waals surface area contributed by atoms with Crippen molar-refractivity contribution in [3.63, 3.8) is 0 Å². The predicted molar refractivity (Wildman–Crippen MR) is 74.3 cm³/mol. The summed E-state index contributed by atoms with van der Waals surface area (Å²) in [6, 6.07) is 5.50. The lowest BCUT2D eigenvalue weighted by molar-refractivity contribution is -0.385. The molecule has 3 N–H and O–H groups in total. The molecule has 20 heavy (non-hydrogen) atoms. The monoisotopic (exact) mass is 281 g/mol. The molecule has 1 aromatic rings. The van der Waals surface area contributed by atoms with Crippen molar-refractivity contribution in [2.45, 2.75) is 32.4 Å². The molecule has 0 bridgehead atoms. The van der Waals surface area contributed by atoms with Gasteiger partial charge in [-0.2, -0.15) is 0 Å². The van der Waals surface area contributed by atoms with Gasteiger partial charge in [0.1, 0.15) is 5.60 Å². The molecule has 7 nitrogen and oxygen atoms in total. The molecule has 1 aromatic carbocycles. The highest BCUT2D eigenvalue weighted by Gasteiger charge is 2.20. The van der Waals surface area contributed by atoms with Crippen LogP contribution in [0.15, 0.2) is 24.3 Å². The van der Waals surface area contributed by atoms with Gasteiger partial charge in [0.05, 0.1) is 11.0 Å². The van der Waals surface area contributed by atoms with E-state index in [2.05, 4.69) is 5.32 Å². The van der Waals surface area contributed by atoms with Crippen LogP contribution in [-0.4, -0.2) is 23.2 Å².